The number of aromatic nitrogens is 4. The molecule has 0 spiro atoms. The average Bonchev–Trinajstić information content (AvgIpc) is 4.01. The van der Waals surface area contributed by atoms with Crippen LogP contribution in [0.1, 0.15) is 92.5 Å². The maximum Gasteiger partial charge on any atom is 0.315 e. The fraction of sp³-hybridized carbons (Fsp3) is 0.553. The number of urea groups is 1. The first-order chi connectivity index (χ1) is 31.5. The molecular formula is C47H64N10O7S. The van der Waals surface area contributed by atoms with Crippen LogP contribution in [0.3, 0.4) is 0 Å². The molecule has 3 fully saturated rings. The summed E-state index contributed by atoms with van der Waals surface area (Å²) in [6.45, 7) is 12.5. The van der Waals surface area contributed by atoms with Gasteiger partial charge in [0.15, 0.2) is 0 Å². The second kappa shape index (κ2) is 22.6. The molecule has 65 heavy (non-hydrogen) atoms. The molecule has 4 aromatic rings. The van der Waals surface area contributed by atoms with Crippen LogP contribution in [0.15, 0.2) is 47.5 Å². The van der Waals surface area contributed by atoms with Gasteiger partial charge in [0.2, 0.25) is 11.8 Å². The van der Waals surface area contributed by atoms with Crippen LogP contribution < -0.4 is 31.7 Å². The lowest BCUT2D eigenvalue weighted by Crippen LogP contribution is -2.49. The van der Waals surface area contributed by atoms with Crippen LogP contribution in [-0.4, -0.2) is 131 Å². The van der Waals surface area contributed by atoms with E-state index in [0.717, 1.165) is 77.0 Å². The summed E-state index contributed by atoms with van der Waals surface area (Å²) in [6, 6.07) is 10.3. The Bertz CT molecular complexity index is 2340. The smallest absolute Gasteiger partial charge is 0.315 e. The van der Waals surface area contributed by atoms with Gasteiger partial charge in [-0.1, -0.05) is 19.8 Å². The zero-order chi connectivity index (χ0) is 45.9. The van der Waals surface area contributed by atoms with Crippen LogP contribution in [0.25, 0.3) is 22.0 Å². The number of benzene rings is 1. The van der Waals surface area contributed by atoms with Gasteiger partial charge in [-0.3, -0.25) is 23.9 Å². The number of anilines is 1. The van der Waals surface area contributed by atoms with E-state index < -0.39 is 0 Å². The van der Waals surface area contributed by atoms with Crippen molar-refractivity contribution in [2.45, 2.75) is 103 Å². The average molecular weight is 913 g/mol. The highest BCUT2D eigenvalue weighted by Gasteiger charge is 2.42. The molecule has 0 saturated carbocycles. The molecule has 350 valence electrons. The normalized spacial score (nSPS) is 18.2. The fourth-order valence-corrected chi connectivity index (χ4v) is 10.4. The van der Waals surface area contributed by atoms with Crippen LogP contribution >= 0.6 is 11.8 Å². The highest BCUT2D eigenvalue weighted by molar-refractivity contribution is 8.00. The van der Waals surface area contributed by atoms with E-state index in [1.165, 1.54) is 0 Å². The van der Waals surface area contributed by atoms with Crippen molar-refractivity contribution >= 4 is 52.2 Å². The summed E-state index contributed by atoms with van der Waals surface area (Å²) in [4.78, 5) is 75.2. The van der Waals surface area contributed by atoms with E-state index in [2.05, 4.69) is 43.2 Å². The summed E-state index contributed by atoms with van der Waals surface area (Å²) in [7, 11) is 0. The zero-order valence-electron chi connectivity index (χ0n) is 38.1. The van der Waals surface area contributed by atoms with E-state index in [0.29, 0.717) is 88.4 Å². The molecule has 7 rings (SSSR count). The fourth-order valence-electron chi connectivity index (χ4n) is 8.84. The highest BCUT2D eigenvalue weighted by Crippen LogP contribution is 2.33. The minimum absolute atomic E-state index is 0.0152. The molecule has 0 radical (unpaired) electrons. The summed E-state index contributed by atoms with van der Waals surface area (Å²) in [5.74, 6) is 1.53. The number of piperazine rings is 1. The number of nitrogens with zero attached hydrogens (tertiary/aromatic N) is 5. The van der Waals surface area contributed by atoms with Gasteiger partial charge in [-0.15, -0.1) is 0 Å². The number of carbonyl (C=O) groups is 4. The first kappa shape index (κ1) is 47.5. The Morgan fingerprint density at radius 2 is 1.72 bits per heavy atom. The summed E-state index contributed by atoms with van der Waals surface area (Å²) >= 11 is 1.89. The maximum absolute atomic E-state index is 13.9. The molecule has 1 aromatic carbocycles. The second-order valence-electron chi connectivity index (χ2n) is 17.3. The first-order valence-corrected chi connectivity index (χ1v) is 24.1. The van der Waals surface area contributed by atoms with E-state index in [-0.39, 0.29) is 54.0 Å². The molecule has 3 atom stereocenters. The number of carbonyl (C=O) groups excluding carboxylic acids is 4. The number of hydrogen-bond acceptors (Lipinski definition) is 11. The molecule has 0 unspecified atom stereocenters. The Morgan fingerprint density at radius 3 is 2.48 bits per heavy atom. The van der Waals surface area contributed by atoms with Gasteiger partial charge in [-0.05, 0) is 81.5 Å². The Labute approximate surface area is 384 Å². The van der Waals surface area contributed by atoms with Crippen molar-refractivity contribution in [1.82, 2.24) is 45.9 Å². The largest absolute Gasteiger partial charge is 0.379 e. The lowest BCUT2D eigenvalue weighted by atomic mass is 10.00. The molecule has 6 heterocycles. The summed E-state index contributed by atoms with van der Waals surface area (Å²) < 4.78 is 13.2. The summed E-state index contributed by atoms with van der Waals surface area (Å²) in [5, 5.41) is 17.6. The molecule has 3 aromatic heterocycles. The molecule has 5 amide bonds. The van der Waals surface area contributed by atoms with Crippen molar-refractivity contribution in [3.63, 3.8) is 0 Å². The number of unbranched alkanes of at least 4 members (excludes halogenated alkanes) is 1. The number of nitrogens with one attached hydrogen (secondary N) is 5. The summed E-state index contributed by atoms with van der Waals surface area (Å²) in [5.41, 5.74) is 5.11. The number of aromatic amines is 1. The molecule has 0 aliphatic carbocycles. The standard InChI is InChI=1S/C47H64N10O7S/c1-5-8-32-23-31(4)52-46(61)36(32)27-50-45(60)35-24-34(25-39-37(35)28-51-57(39)30(2)3)33-11-12-41(49-26-33)55-15-17-56(18-16-55)43(59)13-19-63-21-22-64-20-14-48-42(58)10-7-6-9-40-44-38(29-65-40)53-47(62)54-44/h11-12,23-26,28,30,38,40,44H,5-10,13-22,27,29H2,1-4H3,(H,48,58)(H,50,60)(H,52,61)(H2,53,54,62)/t38-,40-,44-/m0/s1. The zero-order valence-corrected chi connectivity index (χ0v) is 38.9. The second-order valence-corrected chi connectivity index (χ2v) is 18.6. The maximum atomic E-state index is 13.9. The van der Waals surface area contributed by atoms with Crippen molar-refractivity contribution in [3.8, 4) is 11.1 Å². The van der Waals surface area contributed by atoms with Gasteiger partial charge in [-0.2, -0.15) is 16.9 Å². The number of H-pyrrole nitrogens is 1. The third kappa shape index (κ3) is 12.3. The van der Waals surface area contributed by atoms with Gasteiger partial charge >= 0.3 is 6.03 Å². The molecule has 5 N–H and O–H groups in total. The third-order valence-electron chi connectivity index (χ3n) is 12.3. The van der Waals surface area contributed by atoms with Crippen LogP contribution in [0.2, 0.25) is 0 Å². The van der Waals surface area contributed by atoms with E-state index in [1.807, 2.05) is 78.6 Å². The van der Waals surface area contributed by atoms with Crippen molar-refractivity contribution in [3.05, 3.63) is 75.5 Å². The number of amides is 5. The topological polar surface area (TPSA) is 205 Å². The Balaban J connectivity index is 0.803. The van der Waals surface area contributed by atoms with Crippen LogP contribution in [-0.2, 0) is 32.0 Å². The molecule has 18 heteroatoms. The molecular weight excluding hydrogens is 849 g/mol. The first-order valence-electron chi connectivity index (χ1n) is 23.1. The van der Waals surface area contributed by atoms with Crippen molar-refractivity contribution < 1.29 is 28.7 Å². The van der Waals surface area contributed by atoms with Gasteiger partial charge in [0.25, 0.3) is 11.5 Å². The van der Waals surface area contributed by atoms with Gasteiger partial charge in [0, 0.05) is 91.1 Å². The lowest BCUT2D eigenvalue weighted by molar-refractivity contribution is -0.132. The van der Waals surface area contributed by atoms with E-state index in [4.69, 9.17) is 14.5 Å². The minimum atomic E-state index is -0.286. The lowest BCUT2D eigenvalue weighted by Gasteiger charge is -2.35. The molecule has 17 nitrogen and oxygen atoms in total. The monoisotopic (exact) mass is 912 g/mol. The third-order valence-corrected chi connectivity index (χ3v) is 13.8. The number of ether oxygens (including phenoxy) is 2. The van der Waals surface area contributed by atoms with Crippen molar-refractivity contribution in [2.24, 2.45) is 0 Å². The number of aryl methyl sites for hydroxylation is 2. The molecule has 0 bridgehead atoms. The van der Waals surface area contributed by atoms with Crippen LogP contribution in [0.5, 0.6) is 0 Å². The molecule has 3 aliphatic rings. The van der Waals surface area contributed by atoms with E-state index >= 15 is 0 Å². The number of rotatable bonds is 22. The van der Waals surface area contributed by atoms with Crippen LogP contribution in [0.4, 0.5) is 10.6 Å². The Kier molecular flexibility index (Phi) is 16.5. The number of pyridine rings is 2. The Morgan fingerprint density at radius 1 is 0.923 bits per heavy atom. The van der Waals surface area contributed by atoms with E-state index in [1.54, 1.807) is 6.20 Å². The van der Waals surface area contributed by atoms with Crippen molar-refractivity contribution in [2.75, 3.05) is 69.8 Å². The van der Waals surface area contributed by atoms with Gasteiger partial charge in [-0.25, -0.2) is 9.78 Å². The predicted molar refractivity (Wildman–Crippen MR) is 252 cm³/mol. The van der Waals surface area contributed by atoms with Gasteiger partial charge in [0.05, 0.1) is 62.2 Å². The predicted octanol–water partition coefficient (Wildman–Crippen LogP) is 4.47. The molecule has 3 aliphatic heterocycles. The molecule has 3 saturated heterocycles. The minimum Gasteiger partial charge on any atom is -0.379 e. The quantitative estimate of drug-likeness (QED) is 0.0550. The number of fused-ring (bicyclic) bond motifs is 2. The van der Waals surface area contributed by atoms with E-state index in [9.17, 15) is 24.0 Å². The number of hydrogen-bond donors (Lipinski definition) is 5. The Hall–Kier alpha value is -5.46. The SMILES string of the molecule is CCCc1cc(C)[nH]c(=O)c1CNC(=O)c1cc(-c2ccc(N3CCN(C(=O)CCOCCOCCNC(=O)CCCC[C@@H]4SC[C@@H]5NC(=O)N[C@@H]54)CC3)nc2)cc2c1cnn2C(C)C. The van der Waals surface area contributed by atoms with Gasteiger partial charge < -0.3 is 45.5 Å². The van der Waals surface area contributed by atoms with Crippen molar-refractivity contribution in [1.29, 1.82) is 0 Å². The highest BCUT2D eigenvalue weighted by atomic mass is 32.2. The van der Waals surface area contributed by atoms with Gasteiger partial charge in [0.1, 0.15) is 5.82 Å². The number of thioether (sulfide) groups is 1. The van der Waals surface area contributed by atoms with Crippen LogP contribution in [0, 0.1) is 6.92 Å². The summed E-state index contributed by atoms with van der Waals surface area (Å²) in [6.07, 6.45) is 8.70.